The van der Waals surface area contributed by atoms with Crippen molar-refractivity contribution in [2.45, 2.75) is 17.9 Å². The van der Waals surface area contributed by atoms with Gasteiger partial charge in [0.2, 0.25) is 10.0 Å². The van der Waals surface area contributed by atoms with Gasteiger partial charge in [-0.05, 0) is 42.8 Å². The van der Waals surface area contributed by atoms with Crippen molar-refractivity contribution >= 4 is 16.0 Å². The molecule has 0 spiro atoms. The average molecular weight is 381 g/mol. The molecule has 0 amide bonds. The maximum atomic E-state index is 13.8. The van der Waals surface area contributed by atoms with Crippen molar-refractivity contribution < 1.29 is 27.1 Å². The monoisotopic (exact) mass is 381 g/mol. The van der Waals surface area contributed by atoms with Gasteiger partial charge in [0.05, 0.1) is 17.6 Å². The average Bonchev–Trinajstić information content (AvgIpc) is 2.61. The molecular formula is C18H20FNO5S. The summed E-state index contributed by atoms with van der Waals surface area (Å²) in [5, 5.41) is 0. The minimum atomic E-state index is -3.66. The third-order valence-electron chi connectivity index (χ3n) is 3.78. The van der Waals surface area contributed by atoms with E-state index in [2.05, 4.69) is 0 Å². The largest absolute Gasteiger partial charge is 0.494 e. The van der Waals surface area contributed by atoms with Gasteiger partial charge in [-0.3, -0.25) is 0 Å². The van der Waals surface area contributed by atoms with E-state index in [4.69, 9.17) is 9.47 Å². The smallest absolute Gasteiger partial charge is 0.338 e. The number of carbonyl (C=O) groups is 1. The van der Waals surface area contributed by atoms with Crippen LogP contribution in [0.2, 0.25) is 0 Å². The SMILES string of the molecule is COc1ccc(C(C)OC(=O)c2cccc(S(=O)(=O)N(C)C)c2)cc1F. The van der Waals surface area contributed by atoms with Crippen LogP contribution in [0.3, 0.4) is 0 Å². The Kier molecular flexibility index (Phi) is 5.99. The molecule has 1 unspecified atom stereocenters. The fourth-order valence-electron chi connectivity index (χ4n) is 2.23. The zero-order valence-corrected chi connectivity index (χ0v) is 15.7. The van der Waals surface area contributed by atoms with Gasteiger partial charge in [0.15, 0.2) is 11.6 Å². The molecule has 0 N–H and O–H groups in total. The minimum Gasteiger partial charge on any atom is -0.494 e. The number of ether oxygens (including phenoxy) is 2. The molecule has 0 radical (unpaired) electrons. The first kappa shape index (κ1) is 19.9. The molecule has 26 heavy (non-hydrogen) atoms. The molecular weight excluding hydrogens is 361 g/mol. The molecule has 0 aromatic heterocycles. The summed E-state index contributed by atoms with van der Waals surface area (Å²) in [7, 11) is 0.499. The van der Waals surface area contributed by atoms with E-state index in [-0.39, 0.29) is 16.2 Å². The molecule has 0 aliphatic carbocycles. The second kappa shape index (κ2) is 7.84. The number of nitrogens with zero attached hydrogens (tertiary/aromatic N) is 1. The Morgan fingerprint density at radius 1 is 1.15 bits per heavy atom. The summed E-state index contributed by atoms with van der Waals surface area (Å²) in [4.78, 5) is 12.3. The first-order valence-electron chi connectivity index (χ1n) is 7.74. The van der Waals surface area contributed by atoms with Gasteiger partial charge in [-0.1, -0.05) is 12.1 Å². The van der Waals surface area contributed by atoms with Gasteiger partial charge in [0.1, 0.15) is 6.10 Å². The molecule has 6 nitrogen and oxygen atoms in total. The Labute approximate surface area is 152 Å². The Morgan fingerprint density at radius 3 is 2.42 bits per heavy atom. The molecule has 0 aliphatic rings. The topological polar surface area (TPSA) is 72.9 Å². The van der Waals surface area contributed by atoms with Crippen molar-refractivity contribution in [3.8, 4) is 5.75 Å². The highest BCUT2D eigenvalue weighted by molar-refractivity contribution is 7.89. The third kappa shape index (κ3) is 4.20. The molecule has 0 bridgehead atoms. The fourth-order valence-corrected chi connectivity index (χ4v) is 3.17. The highest BCUT2D eigenvalue weighted by atomic mass is 32.2. The van der Waals surface area contributed by atoms with Gasteiger partial charge in [-0.2, -0.15) is 0 Å². The molecule has 2 aromatic rings. The quantitative estimate of drug-likeness (QED) is 0.719. The van der Waals surface area contributed by atoms with Gasteiger partial charge in [0.25, 0.3) is 0 Å². The van der Waals surface area contributed by atoms with Crippen molar-refractivity contribution in [1.82, 2.24) is 4.31 Å². The number of hydrogen-bond acceptors (Lipinski definition) is 5. The molecule has 0 saturated heterocycles. The number of carbonyl (C=O) groups excluding carboxylic acids is 1. The number of benzene rings is 2. The van der Waals surface area contributed by atoms with Crippen LogP contribution in [0.5, 0.6) is 5.75 Å². The summed E-state index contributed by atoms with van der Waals surface area (Å²) in [5.41, 5.74) is 0.544. The lowest BCUT2D eigenvalue weighted by molar-refractivity contribution is 0.0337. The maximum absolute atomic E-state index is 13.8. The van der Waals surface area contributed by atoms with Crippen LogP contribution in [-0.4, -0.2) is 39.9 Å². The number of methoxy groups -OCH3 is 1. The molecule has 2 aromatic carbocycles. The first-order chi connectivity index (χ1) is 12.2. The van der Waals surface area contributed by atoms with E-state index in [9.17, 15) is 17.6 Å². The summed E-state index contributed by atoms with van der Waals surface area (Å²) in [6, 6.07) is 9.83. The van der Waals surface area contributed by atoms with Crippen LogP contribution in [0.1, 0.15) is 28.9 Å². The van der Waals surface area contributed by atoms with Crippen LogP contribution in [0.4, 0.5) is 4.39 Å². The standard InChI is InChI=1S/C18H20FNO5S/c1-12(13-8-9-17(24-4)16(19)11-13)25-18(21)14-6-5-7-15(10-14)26(22,23)20(2)3/h5-12H,1-4H3. The fraction of sp³-hybridized carbons (Fsp3) is 0.278. The molecule has 0 aliphatic heterocycles. The van der Waals surface area contributed by atoms with E-state index in [0.717, 1.165) is 4.31 Å². The van der Waals surface area contributed by atoms with Crippen LogP contribution < -0.4 is 4.74 Å². The van der Waals surface area contributed by atoms with Crippen LogP contribution in [0.25, 0.3) is 0 Å². The Balaban J connectivity index is 2.21. The van der Waals surface area contributed by atoms with E-state index in [0.29, 0.717) is 5.56 Å². The van der Waals surface area contributed by atoms with Crippen LogP contribution >= 0.6 is 0 Å². The maximum Gasteiger partial charge on any atom is 0.338 e. The summed E-state index contributed by atoms with van der Waals surface area (Å²) >= 11 is 0. The second-order valence-electron chi connectivity index (χ2n) is 5.76. The number of esters is 1. The second-order valence-corrected chi connectivity index (χ2v) is 7.91. The van der Waals surface area contributed by atoms with Crippen LogP contribution in [0, 0.1) is 5.82 Å². The van der Waals surface area contributed by atoms with Gasteiger partial charge in [-0.15, -0.1) is 0 Å². The summed E-state index contributed by atoms with van der Waals surface area (Å²) in [6.45, 7) is 1.60. The predicted molar refractivity (Wildman–Crippen MR) is 94.1 cm³/mol. The summed E-state index contributed by atoms with van der Waals surface area (Å²) in [5.74, 6) is -1.18. The first-order valence-corrected chi connectivity index (χ1v) is 9.18. The van der Waals surface area contributed by atoms with Gasteiger partial charge < -0.3 is 9.47 Å². The molecule has 0 saturated carbocycles. The highest BCUT2D eigenvalue weighted by Gasteiger charge is 2.20. The molecule has 8 heteroatoms. The zero-order valence-electron chi connectivity index (χ0n) is 14.9. The number of halogens is 1. The lowest BCUT2D eigenvalue weighted by Gasteiger charge is -2.15. The normalized spacial score (nSPS) is 12.7. The molecule has 1 atom stereocenters. The van der Waals surface area contributed by atoms with E-state index in [1.165, 1.54) is 57.6 Å². The lowest BCUT2D eigenvalue weighted by Crippen LogP contribution is -2.22. The van der Waals surface area contributed by atoms with Crippen molar-refractivity contribution in [2.75, 3.05) is 21.2 Å². The molecule has 0 fully saturated rings. The van der Waals surface area contributed by atoms with Crippen molar-refractivity contribution in [1.29, 1.82) is 0 Å². The number of hydrogen-bond donors (Lipinski definition) is 0. The van der Waals surface area contributed by atoms with Gasteiger partial charge >= 0.3 is 5.97 Å². The van der Waals surface area contributed by atoms with E-state index in [1.807, 2.05) is 0 Å². The van der Waals surface area contributed by atoms with Crippen LogP contribution in [-0.2, 0) is 14.8 Å². The van der Waals surface area contributed by atoms with Crippen molar-refractivity contribution in [3.63, 3.8) is 0 Å². The van der Waals surface area contributed by atoms with Gasteiger partial charge in [0, 0.05) is 14.1 Å². The molecule has 140 valence electrons. The minimum absolute atomic E-state index is 0.0138. The van der Waals surface area contributed by atoms with Crippen molar-refractivity contribution in [3.05, 3.63) is 59.4 Å². The number of rotatable bonds is 6. The Hall–Kier alpha value is -2.45. The zero-order chi connectivity index (χ0) is 19.5. The summed E-state index contributed by atoms with van der Waals surface area (Å²) < 4.78 is 49.4. The third-order valence-corrected chi connectivity index (χ3v) is 5.59. The predicted octanol–water partition coefficient (Wildman–Crippen LogP) is 3.00. The summed E-state index contributed by atoms with van der Waals surface area (Å²) in [6.07, 6.45) is -0.725. The lowest BCUT2D eigenvalue weighted by atomic mass is 10.1. The molecule has 0 heterocycles. The van der Waals surface area contributed by atoms with E-state index in [1.54, 1.807) is 13.0 Å². The van der Waals surface area contributed by atoms with Crippen molar-refractivity contribution in [2.24, 2.45) is 0 Å². The highest BCUT2D eigenvalue weighted by Crippen LogP contribution is 2.25. The Morgan fingerprint density at radius 2 is 1.85 bits per heavy atom. The van der Waals surface area contributed by atoms with E-state index < -0.39 is 27.9 Å². The molecule has 2 rings (SSSR count). The Bertz CT molecular complexity index is 912. The van der Waals surface area contributed by atoms with E-state index >= 15 is 0 Å². The van der Waals surface area contributed by atoms with Gasteiger partial charge in [-0.25, -0.2) is 21.9 Å². The van der Waals surface area contributed by atoms with Crippen LogP contribution in [0.15, 0.2) is 47.4 Å². The number of sulfonamides is 1.